The van der Waals surface area contributed by atoms with Crippen molar-refractivity contribution in [2.75, 3.05) is 25.4 Å². The van der Waals surface area contributed by atoms with Gasteiger partial charge in [-0.2, -0.15) is 0 Å². The fourth-order valence-electron chi connectivity index (χ4n) is 2.76. The summed E-state index contributed by atoms with van der Waals surface area (Å²) in [7, 11) is 0. The van der Waals surface area contributed by atoms with Gasteiger partial charge in [0.05, 0.1) is 0 Å². The molecule has 0 aliphatic carbocycles. The van der Waals surface area contributed by atoms with Crippen LogP contribution in [0.2, 0.25) is 0 Å². The van der Waals surface area contributed by atoms with E-state index in [2.05, 4.69) is 5.32 Å². The van der Waals surface area contributed by atoms with Crippen LogP contribution in [0.15, 0.2) is 18.2 Å². The van der Waals surface area contributed by atoms with E-state index in [9.17, 15) is 9.59 Å². The minimum absolute atomic E-state index is 0.0292. The summed E-state index contributed by atoms with van der Waals surface area (Å²) in [5.41, 5.74) is 7.97. The highest BCUT2D eigenvalue weighted by Gasteiger charge is 2.27. The van der Waals surface area contributed by atoms with Crippen molar-refractivity contribution < 1.29 is 9.59 Å². The normalized spacial score (nSPS) is 15.8. The van der Waals surface area contributed by atoms with E-state index in [0.29, 0.717) is 30.9 Å². The highest BCUT2D eigenvalue weighted by Crippen LogP contribution is 2.21. The minimum Gasteiger partial charge on any atom is -0.399 e. The predicted octanol–water partition coefficient (Wildman–Crippen LogP) is 1.57. The van der Waals surface area contributed by atoms with Crippen LogP contribution < -0.4 is 11.1 Å². The molecule has 1 aliphatic rings. The lowest BCUT2D eigenvalue weighted by Gasteiger charge is -2.31. The molecule has 0 bridgehead atoms. The maximum atomic E-state index is 12.5. The first-order chi connectivity index (χ1) is 10.0. The van der Waals surface area contributed by atoms with Gasteiger partial charge in [0.25, 0.3) is 5.91 Å². The second kappa shape index (κ2) is 6.61. The van der Waals surface area contributed by atoms with Crippen molar-refractivity contribution in [3.8, 4) is 0 Å². The molecule has 0 atom stereocenters. The molecule has 0 unspecified atom stereocenters. The van der Waals surface area contributed by atoms with E-state index in [1.165, 1.54) is 0 Å². The van der Waals surface area contributed by atoms with E-state index in [-0.39, 0.29) is 17.7 Å². The molecule has 1 saturated heterocycles. The second-order valence-corrected chi connectivity index (χ2v) is 5.54. The van der Waals surface area contributed by atoms with Crippen molar-refractivity contribution in [2.24, 2.45) is 5.92 Å². The molecule has 0 spiro atoms. The third-order valence-electron chi connectivity index (χ3n) is 3.98. The molecule has 0 saturated carbocycles. The summed E-state index contributed by atoms with van der Waals surface area (Å²) < 4.78 is 0. The van der Waals surface area contributed by atoms with Crippen molar-refractivity contribution in [1.29, 1.82) is 0 Å². The molecule has 114 valence electrons. The Bertz CT molecular complexity index is 534. The van der Waals surface area contributed by atoms with Gasteiger partial charge in [0.1, 0.15) is 0 Å². The Morgan fingerprint density at radius 2 is 2.00 bits per heavy atom. The quantitative estimate of drug-likeness (QED) is 0.829. The summed E-state index contributed by atoms with van der Waals surface area (Å²) in [6.45, 7) is 5.73. The molecule has 3 N–H and O–H groups in total. The zero-order chi connectivity index (χ0) is 15.4. The zero-order valence-corrected chi connectivity index (χ0v) is 12.7. The number of hydrogen-bond donors (Lipinski definition) is 2. The van der Waals surface area contributed by atoms with Crippen molar-refractivity contribution in [3.63, 3.8) is 0 Å². The molecular formula is C16H23N3O2. The van der Waals surface area contributed by atoms with Crippen molar-refractivity contribution in [2.45, 2.75) is 26.7 Å². The number of carbonyl (C=O) groups is 2. The first kappa shape index (κ1) is 15.4. The minimum atomic E-state index is 0.0292. The molecule has 2 amide bonds. The van der Waals surface area contributed by atoms with Crippen LogP contribution in [-0.4, -0.2) is 36.3 Å². The lowest BCUT2D eigenvalue weighted by atomic mass is 9.95. The number of hydrogen-bond acceptors (Lipinski definition) is 3. The number of likely N-dealkylation sites (tertiary alicyclic amines) is 1. The van der Waals surface area contributed by atoms with Gasteiger partial charge < -0.3 is 16.0 Å². The molecule has 5 heteroatoms. The first-order valence-corrected chi connectivity index (χ1v) is 7.46. The SMILES string of the molecule is CCNC(=O)C1CCN(C(=O)c2ccc(N)cc2C)CC1. The fourth-order valence-corrected chi connectivity index (χ4v) is 2.76. The van der Waals surface area contributed by atoms with Gasteiger partial charge in [-0.05, 0) is 50.5 Å². The van der Waals surface area contributed by atoms with Crippen molar-refractivity contribution in [3.05, 3.63) is 29.3 Å². The Labute approximate surface area is 125 Å². The summed E-state index contributed by atoms with van der Waals surface area (Å²) in [5, 5.41) is 2.85. The monoisotopic (exact) mass is 289 g/mol. The second-order valence-electron chi connectivity index (χ2n) is 5.54. The Morgan fingerprint density at radius 1 is 1.33 bits per heavy atom. The van der Waals surface area contributed by atoms with E-state index in [0.717, 1.165) is 18.4 Å². The number of rotatable bonds is 3. The van der Waals surface area contributed by atoms with Gasteiger partial charge in [-0.1, -0.05) is 0 Å². The van der Waals surface area contributed by atoms with Gasteiger partial charge in [-0.25, -0.2) is 0 Å². The Morgan fingerprint density at radius 3 is 2.57 bits per heavy atom. The van der Waals surface area contributed by atoms with E-state index >= 15 is 0 Å². The van der Waals surface area contributed by atoms with Crippen LogP contribution in [0.5, 0.6) is 0 Å². The highest BCUT2D eigenvalue weighted by atomic mass is 16.2. The standard InChI is InChI=1S/C16H23N3O2/c1-3-18-15(20)12-6-8-19(9-7-12)16(21)14-5-4-13(17)10-11(14)2/h4-5,10,12H,3,6-9,17H2,1-2H3,(H,18,20). The number of benzene rings is 1. The summed E-state index contributed by atoms with van der Waals surface area (Å²) in [6.07, 6.45) is 1.46. The molecule has 2 rings (SSSR count). The predicted molar refractivity (Wildman–Crippen MR) is 82.9 cm³/mol. The van der Waals surface area contributed by atoms with Gasteiger partial charge in [0.15, 0.2) is 0 Å². The van der Waals surface area contributed by atoms with Crippen LogP contribution >= 0.6 is 0 Å². The Balaban J connectivity index is 1.98. The Hall–Kier alpha value is -2.04. The number of aryl methyl sites for hydroxylation is 1. The molecule has 1 aliphatic heterocycles. The van der Waals surface area contributed by atoms with E-state index < -0.39 is 0 Å². The molecule has 21 heavy (non-hydrogen) atoms. The van der Waals surface area contributed by atoms with Crippen LogP contribution in [-0.2, 0) is 4.79 Å². The number of nitrogen functional groups attached to an aromatic ring is 1. The van der Waals surface area contributed by atoms with Gasteiger partial charge in [0, 0.05) is 36.8 Å². The molecule has 5 nitrogen and oxygen atoms in total. The Kier molecular flexibility index (Phi) is 4.83. The number of amides is 2. The number of anilines is 1. The first-order valence-electron chi connectivity index (χ1n) is 7.46. The summed E-state index contributed by atoms with van der Waals surface area (Å²) in [6, 6.07) is 5.35. The van der Waals surface area contributed by atoms with Gasteiger partial charge in [-0.15, -0.1) is 0 Å². The molecule has 0 radical (unpaired) electrons. The number of nitrogens with two attached hydrogens (primary N) is 1. The molecular weight excluding hydrogens is 266 g/mol. The number of carbonyl (C=O) groups excluding carboxylic acids is 2. The molecule has 1 heterocycles. The van der Waals surface area contributed by atoms with Crippen LogP contribution in [0.25, 0.3) is 0 Å². The van der Waals surface area contributed by atoms with Gasteiger partial charge in [0.2, 0.25) is 5.91 Å². The molecule has 0 aromatic heterocycles. The maximum absolute atomic E-state index is 12.5. The van der Waals surface area contributed by atoms with Crippen LogP contribution in [0.1, 0.15) is 35.7 Å². The van der Waals surface area contributed by atoms with E-state index in [1.54, 1.807) is 12.1 Å². The molecule has 1 aromatic carbocycles. The largest absolute Gasteiger partial charge is 0.399 e. The molecule has 1 fully saturated rings. The van der Waals surface area contributed by atoms with Crippen LogP contribution in [0.3, 0.4) is 0 Å². The molecule has 1 aromatic rings. The lowest BCUT2D eigenvalue weighted by Crippen LogP contribution is -2.43. The van der Waals surface area contributed by atoms with Gasteiger partial charge >= 0.3 is 0 Å². The van der Waals surface area contributed by atoms with Gasteiger partial charge in [-0.3, -0.25) is 9.59 Å². The number of nitrogens with zero attached hydrogens (tertiary/aromatic N) is 1. The van der Waals surface area contributed by atoms with Crippen LogP contribution in [0.4, 0.5) is 5.69 Å². The topological polar surface area (TPSA) is 75.4 Å². The zero-order valence-electron chi connectivity index (χ0n) is 12.7. The fraction of sp³-hybridized carbons (Fsp3) is 0.500. The van der Waals surface area contributed by atoms with Crippen LogP contribution in [0, 0.1) is 12.8 Å². The maximum Gasteiger partial charge on any atom is 0.254 e. The summed E-state index contributed by atoms with van der Waals surface area (Å²) >= 11 is 0. The summed E-state index contributed by atoms with van der Waals surface area (Å²) in [4.78, 5) is 26.2. The van der Waals surface area contributed by atoms with E-state index in [1.807, 2.05) is 24.8 Å². The van der Waals surface area contributed by atoms with Crippen molar-refractivity contribution >= 4 is 17.5 Å². The average Bonchev–Trinajstić information content (AvgIpc) is 2.47. The third-order valence-corrected chi connectivity index (χ3v) is 3.98. The van der Waals surface area contributed by atoms with Crippen molar-refractivity contribution in [1.82, 2.24) is 10.2 Å². The number of nitrogens with one attached hydrogen (secondary N) is 1. The third kappa shape index (κ3) is 3.54. The average molecular weight is 289 g/mol. The van der Waals surface area contributed by atoms with E-state index in [4.69, 9.17) is 5.73 Å². The number of piperidine rings is 1. The lowest BCUT2D eigenvalue weighted by molar-refractivity contribution is -0.126. The highest BCUT2D eigenvalue weighted by molar-refractivity contribution is 5.96. The smallest absolute Gasteiger partial charge is 0.254 e. The summed E-state index contributed by atoms with van der Waals surface area (Å²) in [5.74, 6) is 0.164.